The third kappa shape index (κ3) is 1.89. The third-order valence-corrected chi connectivity index (χ3v) is 2.43. The van der Waals surface area contributed by atoms with Crippen molar-refractivity contribution in [2.24, 2.45) is 5.84 Å². The second kappa shape index (κ2) is 4.31. The number of nitrogens with zero attached hydrogens (tertiary/aromatic N) is 3. The Labute approximate surface area is 92.8 Å². The van der Waals surface area contributed by atoms with Gasteiger partial charge in [0.1, 0.15) is 5.82 Å². The SMILES string of the molecule is CCC(C)Nc1nc(NN)nc2[nH]ncc12. The molecule has 2 aromatic rings. The van der Waals surface area contributed by atoms with Crippen LogP contribution in [0.1, 0.15) is 20.3 Å². The molecule has 0 saturated heterocycles. The van der Waals surface area contributed by atoms with Crippen molar-refractivity contribution in [2.45, 2.75) is 26.3 Å². The molecule has 0 aliphatic heterocycles. The van der Waals surface area contributed by atoms with Crippen LogP contribution in [-0.4, -0.2) is 26.2 Å². The molecule has 5 N–H and O–H groups in total. The molecule has 0 spiro atoms. The Morgan fingerprint density at radius 2 is 2.31 bits per heavy atom. The molecule has 0 fully saturated rings. The molecule has 0 aromatic carbocycles. The van der Waals surface area contributed by atoms with Crippen molar-refractivity contribution >= 4 is 22.8 Å². The topological polar surface area (TPSA) is 105 Å². The minimum absolute atomic E-state index is 0.332. The van der Waals surface area contributed by atoms with Gasteiger partial charge in [-0.3, -0.25) is 10.5 Å². The molecular weight excluding hydrogens is 206 g/mol. The maximum absolute atomic E-state index is 5.30. The average molecular weight is 221 g/mol. The number of nitrogens with two attached hydrogens (primary N) is 1. The molecule has 86 valence electrons. The molecular formula is C9H15N7. The van der Waals surface area contributed by atoms with Gasteiger partial charge >= 0.3 is 0 Å². The number of aromatic amines is 1. The van der Waals surface area contributed by atoms with E-state index in [0.29, 0.717) is 17.6 Å². The van der Waals surface area contributed by atoms with Gasteiger partial charge in [-0.15, -0.1) is 0 Å². The van der Waals surface area contributed by atoms with Gasteiger partial charge in [-0.2, -0.15) is 15.1 Å². The Bertz CT molecular complexity index is 478. The third-order valence-electron chi connectivity index (χ3n) is 2.43. The molecule has 2 aromatic heterocycles. The van der Waals surface area contributed by atoms with Crippen LogP contribution in [0.4, 0.5) is 11.8 Å². The van der Waals surface area contributed by atoms with Crippen LogP contribution in [0.3, 0.4) is 0 Å². The number of anilines is 2. The number of rotatable bonds is 4. The first-order chi connectivity index (χ1) is 7.74. The highest BCUT2D eigenvalue weighted by Crippen LogP contribution is 2.20. The first kappa shape index (κ1) is 10.6. The van der Waals surface area contributed by atoms with Crippen LogP contribution in [0.15, 0.2) is 6.20 Å². The predicted octanol–water partition coefficient (Wildman–Crippen LogP) is 0.849. The summed E-state index contributed by atoms with van der Waals surface area (Å²) in [7, 11) is 0. The van der Waals surface area contributed by atoms with Gasteiger partial charge in [0.05, 0.1) is 11.6 Å². The fourth-order valence-electron chi connectivity index (χ4n) is 1.34. The van der Waals surface area contributed by atoms with Crippen molar-refractivity contribution in [1.29, 1.82) is 0 Å². The molecule has 1 unspecified atom stereocenters. The highest BCUT2D eigenvalue weighted by molar-refractivity contribution is 5.87. The van der Waals surface area contributed by atoms with Gasteiger partial charge in [0.15, 0.2) is 5.65 Å². The minimum atomic E-state index is 0.332. The maximum Gasteiger partial charge on any atom is 0.241 e. The van der Waals surface area contributed by atoms with Crippen molar-refractivity contribution in [1.82, 2.24) is 20.2 Å². The predicted molar refractivity (Wildman–Crippen MR) is 62.9 cm³/mol. The van der Waals surface area contributed by atoms with Gasteiger partial charge in [0.2, 0.25) is 5.95 Å². The summed E-state index contributed by atoms with van der Waals surface area (Å²) < 4.78 is 0. The van der Waals surface area contributed by atoms with E-state index in [2.05, 4.69) is 44.8 Å². The molecule has 2 heterocycles. The molecule has 1 atom stereocenters. The molecule has 0 aliphatic rings. The van der Waals surface area contributed by atoms with E-state index in [1.54, 1.807) is 6.20 Å². The van der Waals surface area contributed by atoms with Gasteiger partial charge in [-0.1, -0.05) is 6.92 Å². The van der Waals surface area contributed by atoms with Crippen LogP contribution < -0.4 is 16.6 Å². The van der Waals surface area contributed by atoms with Crippen molar-refractivity contribution in [3.8, 4) is 0 Å². The van der Waals surface area contributed by atoms with E-state index in [0.717, 1.165) is 17.6 Å². The normalized spacial score (nSPS) is 12.7. The Hall–Kier alpha value is -1.89. The summed E-state index contributed by atoms with van der Waals surface area (Å²) >= 11 is 0. The highest BCUT2D eigenvalue weighted by Gasteiger charge is 2.10. The fourth-order valence-corrected chi connectivity index (χ4v) is 1.34. The van der Waals surface area contributed by atoms with Gasteiger partial charge in [-0.25, -0.2) is 5.84 Å². The van der Waals surface area contributed by atoms with Crippen LogP contribution in [0.5, 0.6) is 0 Å². The Morgan fingerprint density at radius 3 is 3.00 bits per heavy atom. The number of nitrogen functional groups attached to an aromatic ring is 1. The molecule has 2 rings (SSSR count). The van der Waals surface area contributed by atoms with Gasteiger partial charge in [-0.05, 0) is 13.3 Å². The standard InChI is InChI=1S/C9H15N7/c1-3-5(2)12-7-6-4-11-16-8(6)14-9(13-7)15-10/h4-5H,3,10H2,1-2H3,(H3,11,12,13,14,15,16). The molecule has 0 radical (unpaired) electrons. The van der Waals surface area contributed by atoms with Crippen molar-refractivity contribution in [2.75, 3.05) is 10.7 Å². The molecule has 0 bridgehead atoms. The van der Waals surface area contributed by atoms with Gasteiger partial charge in [0, 0.05) is 6.04 Å². The summed E-state index contributed by atoms with van der Waals surface area (Å²) in [4.78, 5) is 8.40. The second-order valence-electron chi connectivity index (χ2n) is 3.63. The number of hydrogen-bond donors (Lipinski definition) is 4. The number of hydrogen-bond acceptors (Lipinski definition) is 6. The fraction of sp³-hybridized carbons (Fsp3) is 0.444. The van der Waals surface area contributed by atoms with E-state index < -0.39 is 0 Å². The molecule has 0 amide bonds. The molecule has 0 aliphatic carbocycles. The van der Waals surface area contributed by atoms with Crippen molar-refractivity contribution in [3.63, 3.8) is 0 Å². The largest absolute Gasteiger partial charge is 0.367 e. The molecule has 7 heteroatoms. The molecule has 7 nitrogen and oxygen atoms in total. The zero-order valence-electron chi connectivity index (χ0n) is 9.28. The van der Waals surface area contributed by atoms with E-state index in [-0.39, 0.29) is 0 Å². The van der Waals surface area contributed by atoms with E-state index in [1.165, 1.54) is 0 Å². The van der Waals surface area contributed by atoms with E-state index in [1.807, 2.05) is 0 Å². The first-order valence-corrected chi connectivity index (χ1v) is 5.18. The quantitative estimate of drug-likeness (QED) is 0.450. The smallest absolute Gasteiger partial charge is 0.241 e. The van der Waals surface area contributed by atoms with Crippen LogP contribution in [-0.2, 0) is 0 Å². The van der Waals surface area contributed by atoms with Gasteiger partial charge in [0.25, 0.3) is 0 Å². The van der Waals surface area contributed by atoms with Crippen LogP contribution >= 0.6 is 0 Å². The Morgan fingerprint density at radius 1 is 1.50 bits per heavy atom. The van der Waals surface area contributed by atoms with Crippen molar-refractivity contribution in [3.05, 3.63) is 6.20 Å². The number of H-pyrrole nitrogens is 1. The second-order valence-corrected chi connectivity index (χ2v) is 3.63. The lowest BCUT2D eigenvalue weighted by Crippen LogP contribution is -2.17. The summed E-state index contributed by atoms with van der Waals surface area (Å²) in [6, 6.07) is 0.332. The lowest BCUT2D eigenvalue weighted by atomic mass is 10.2. The summed E-state index contributed by atoms with van der Waals surface area (Å²) in [6.45, 7) is 4.19. The number of nitrogens with one attached hydrogen (secondary N) is 3. The number of fused-ring (bicyclic) bond motifs is 1. The van der Waals surface area contributed by atoms with E-state index in [9.17, 15) is 0 Å². The number of aromatic nitrogens is 4. The Kier molecular flexibility index (Phi) is 2.86. The lowest BCUT2D eigenvalue weighted by Gasteiger charge is -2.13. The lowest BCUT2D eigenvalue weighted by molar-refractivity contribution is 0.760. The zero-order chi connectivity index (χ0) is 11.5. The van der Waals surface area contributed by atoms with Crippen LogP contribution in [0, 0.1) is 0 Å². The highest BCUT2D eigenvalue weighted by atomic mass is 15.3. The summed E-state index contributed by atoms with van der Waals surface area (Å²) in [6.07, 6.45) is 2.70. The van der Waals surface area contributed by atoms with Crippen LogP contribution in [0.25, 0.3) is 11.0 Å². The summed E-state index contributed by atoms with van der Waals surface area (Å²) in [5, 5.41) is 10.9. The summed E-state index contributed by atoms with van der Waals surface area (Å²) in [5.41, 5.74) is 3.09. The van der Waals surface area contributed by atoms with Crippen molar-refractivity contribution < 1.29 is 0 Å². The zero-order valence-corrected chi connectivity index (χ0v) is 9.28. The van der Waals surface area contributed by atoms with E-state index >= 15 is 0 Å². The number of hydrazine groups is 1. The monoisotopic (exact) mass is 221 g/mol. The average Bonchev–Trinajstić information content (AvgIpc) is 2.76. The molecule has 0 saturated carbocycles. The summed E-state index contributed by atoms with van der Waals surface area (Å²) in [5.74, 6) is 6.41. The molecule has 16 heavy (non-hydrogen) atoms. The van der Waals surface area contributed by atoms with E-state index in [4.69, 9.17) is 5.84 Å². The maximum atomic E-state index is 5.30. The van der Waals surface area contributed by atoms with Gasteiger partial charge < -0.3 is 5.32 Å². The minimum Gasteiger partial charge on any atom is -0.367 e. The van der Waals surface area contributed by atoms with Crippen LogP contribution in [0.2, 0.25) is 0 Å². The Balaban J connectivity index is 2.44. The first-order valence-electron chi connectivity index (χ1n) is 5.18.